The van der Waals surface area contributed by atoms with E-state index in [2.05, 4.69) is 68.5 Å². The van der Waals surface area contributed by atoms with Gasteiger partial charge in [-0.25, -0.2) is 4.57 Å². The van der Waals surface area contributed by atoms with Gasteiger partial charge in [0.15, 0.2) is 6.10 Å². The number of nitrogens with two attached hydrogens (primary N) is 1. The van der Waals surface area contributed by atoms with Gasteiger partial charge in [0, 0.05) is 19.4 Å². The van der Waals surface area contributed by atoms with Crippen molar-refractivity contribution in [2.75, 3.05) is 26.4 Å². The van der Waals surface area contributed by atoms with Crippen molar-refractivity contribution < 1.29 is 42.7 Å². The maximum absolute atomic E-state index is 12.6. The molecule has 0 heterocycles. The molecule has 0 aliphatic carbocycles. The van der Waals surface area contributed by atoms with E-state index in [1.54, 1.807) is 6.08 Å². The number of esters is 2. The van der Waals surface area contributed by atoms with Gasteiger partial charge in [-0.3, -0.25) is 18.6 Å². The molecule has 3 atom stereocenters. The summed E-state index contributed by atoms with van der Waals surface area (Å²) in [6.07, 6.45) is 47.5. The number of carbonyl (C=O) groups is 2. The molecule has 0 radical (unpaired) electrons. The summed E-state index contributed by atoms with van der Waals surface area (Å²) in [5, 5.41) is 10.0. The number of ether oxygens (including phenoxy) is 2. The van der Waals surface area contributed by atoms with Gasteiger partial charge >= 0.3 is 19.8 Å². The van der Waals surface area contributed by atoms with Gasteiger partial charge in [-0.1, -0.05) is 137 Å². The van der Waals surface area contributed by atoms with Gasteiger partial charge < -0.3 is 25.2 Å². The average molecular weight is 804 g/mol. The number of unbranched alkanes of at least 4 members (excludes halogenated alkanes) is 8. The molecule has 0 fully saturated rings. The standard InChI is InChI=1S/C45H74NO9P/c1-3-5-7-9-11-12-13-14-15-16-17-18-19-20-24-29-33-37-45(49)55-43(41-54-56(50,51)53-39-38-46)40-52-44(48)36-32-28-25-21-23-27-31-35-42(47)34-30-26-22-10-8-6-4-2/h5,7,11-12,14-15,17-18,21-22,25-27,30-31,34,42-43,47H,3-4,6,8-10,13,16,19-20,23-24,28-29,32-33,35-41,46H2,1-2H3,(H,50,51)/b7-5-,12-11-,15-14-,18-17-,25-21+,26-22-,31-27-,34-30-/t42-,43-/m1/s1. The monoisotopic (exact) mass is 804 g/mol. The largest absolute Gasteiger partial charge is 0.472 e. The number of hydrogen-bond donors (Lipinski definition) is 3. The van der Waals surface area contributed by atoms with Crippen LogP contribution in [0.25, 0.3) is 0 Å². The van der Waals surface area contributed by atoms with Crippen LogP contribution in [0.2, 0.25) is 0 Å². The molecule has 0 aliphatic heterocycles. The van der Waals surface area contributed by atoms with Crippen LogP contribution in [0.3, 0.4) is 0 Å². The topological polar surface area (TPSA) is 155 Å². The number of rotatable bonds is 37. The Kier molecular flexibility index (Phi) is 37.9. The number of allylic oxidation sites excluding steroid dienone is 14. The van der Waals surface area contributed by atoms with Crippen LogP contribution in [0, 0.1) is 0 Å². The maximum Gasteiger partial charge on any atom is 0.472 e. The van der Waals surface area contributed by atoms with Gasteiger partial charge in [-0.05, 0) is 83.5 Å². The van der Waals surface area contributed by atoms with Crippen LogP contribution >= 0.6 is 7.82 Å². The van der Waals surface area contributed by atoms with E-state index in [1.165, 1.54) is 19.3 Å². The Labute approximate surface area is 339 Å². The van der Waals surface area contributed by atoms with Crippen LogP contribution in [0.4, 0.5) is 0 Å². The summed E-state index contributed by atoms with van der Waals surface area (Å²) in [7, 11) is -4.42. The van der Waals surface area contributed by atoms with Crippen molar-refractivity contribution in [2.45, 2.75) is 148 Å². The van der Waals surface area contributed by atoms with E-state index in [0.717, 1.165) is 64.2 Å². The van der Waals surface area contributed by atoms with Crippen molar-refractivity contribution >= 4 is 19.8 Å². The summed E-state index contributed by atoms with van der Waals surface area (Å²) in [6, 6.07) is 0. The number of hydrogen-bond acceptors (Lipinski definition) is 9. The fourth-order valence-electron chi connectivity index (χ4n) is 4.93. The van der Waals surface area contributed by atoms with E-state index in [-0.39, 0.29) is 32.6 Å². The van der Waals surface area contributed by atoms with E-state index < -0.39 is 38.6 Å². The lowest BCUT2D eigenvalue weighted by Crippen LogP contribution is -2.29. The van der Waals surface area contributed by atoms with Crippen molar-refractivity contribution in [1.29, 1.82) is 0 Å². The summed E-state index contributed by atoms with van der Waals surface area (Å²) in [6.45, 7) is 3.37. The Bertz CT molecular complexity index is 1250. The zero-order valence-electron chi connectivity index (χ0n) is 34.4. The van der Waals surface area contributed by atoms with E-state index in [0.29, 0.717) is 25.7 Å². The molecule has 0 amide bonds. The van der Waals surface area contributed by atoms with Crippen LogP contribution in [-0.2, 0) is 32.7 Å². The first-order chi connectivity index (χ1) is 27.2. The second-order valence-corrected chi connectivity index (χ2v) is 14.8. The van der Waals surface area contributed by atoms with Crippen molar-refractivity contribution in [3.63, 3.8) is 0 Å². The number of aliphatic hydroxyl groups excluding tert-OH is 1. The molecule has 1 unspecified atom stereocenters. The normalized spacial score (nSPS) is 14.9. The number of aliphatic hydroxyl groups is 1. The first-order valence-corrected chi connectivity index (χ1v) is 22.3. The molecular weight excluding hydrogens is 729 g/mol. The van der Waals surface area contributed by atoms with Gasteiger partial charge in [-0.2, -0.15) is 0 Å². The van der Waals surface area contributed by atoms with Crippen LogP contribution in [0.15, 0.2) is 97.2 Å². The number of carbonyl (C=O) groups excluding carboxylic acids is 2. The summed E-state index contributed by atoms with van der Waals surface area (Å²) < 4.78 is 32.6. The van der Waals surface area contributed by atoms with Gasteiger partial charge in [0.05, 0.1) is 19.3 Å². The van der Waals surface area contributed by atoms with E-state index >= 15 is 0 Å². The third kappa shape index (κ3) is 39.1. The summed E-state index contributed by atoms with van der Waals surface area (Å²) in [4.78, 5) is 34.8. The van der Waals surface area contributed by atoms with Crippen molar-refractivity contribution in [1.82, 2.24) is 0 Å². The minimum Gasteiger partial charge on any atom is -0.462 e. The molecule has 11 heteroatoms. The molecule has 56 heavy (non-hydrogen) atoms. The molecule has 0 saturated carbocycles. The van der Waals surface area contributed by atoms with E-state index in [1.807, 2.05) is 36.5 Å². The highest BCUT2D eigenvalue weighted by Crippen LogP contribution is 2.43. The van der Waals surface area contributed by atoms with Gasteiger partial charge in [-0.15, -0.1) is 0 Å². The van der Waals surface area contributed by atoms with Crippen LogP contribution in [0.5, 0.6) is 0 Å². The molecule has 10 nitrogen and oxygen atoms in total. The van der Waals surface area contributed by atoms with Gasteiger partial charge in [0.25, 0.3) is 0 Å². The molecule has 0 spiro atoms. The van der Waals surface area contributed by atoms with Gasteiger partial charge in [0.1, 0.15) is 6.61 Å². The average Bonchev–Trinajstić information content (AvgIpc) is 3.18. The lowest BCUT2D eigenvalue weighted by atomic mass is 10.1. The lowest BCUT2D eigenvalue weighted by Gasteiger charge is -2.19. The molecule has 0 aromatic rings. The second kappa shape index (κ2) is 40.1. The van der Waals surface area contributed by atoms with Crippen LogP contribution in [-0.4, -0.2) is 60.5 Å². The van der Waals surface area contributed by atoms with Gasteiger partial charge in [0.2, 0.25) is 0 Å². The Morgan fingerprint density at radius 1 is 0.643 bits per heavy atom. The van der Waals surface area contributed by atoms with Crippen molar-refractivity contribution in [3.8, 4) is 0 Å². The molecule has 0 aromatic heterocycles. The lowest BCUT2D eigenvalue weighted by molar-refractivity contribution is -0.161. The highest BCUT2D eigenvalue weighted by atomic mass is 31.2. The predicted molar refractivity (Wildman–Crippen MR) is 230 cm³/mol. The summed E-state index contributed by atoms with van der Waals surface area (Å²) in [5.74, 6) is -0.975. The first kappa shape index (κ1) is 52.9. The zero-order chi connectivity index (χ0) is 41.2. The zero-order valence-corrected chi connectivity index (χ0v) is 35.3. The third-order valence-corrected chi connectivity index (χ3v) is 9.02. The quantitative estimate of drug-likeness (QED) is 0.0182. The van der Waals surface area contributed by atoms with E-state index in [9.17, 15) is 24.2 Å². The molecule has 0 saturated heterocycles. The fraction of sp³-hybridized carbons (Fsp3) is 0.600. The Hall–Kier alpha value is -3.11. The smallest absolute Gasteiger partial charge is 0.462 e. The third-order valence-electron chi connectivity index (χ3n) is 8.03. The van der Waals surface area contributed by atoms with E-state index in [4.69, 9.17) is 24.3 Å². The Morgan fingerprint density at radius 2 is 1.21 bits per heavy atom. The summed E-state index contributed by atoms with van der Waals surface area (Å²) >= 11 is 0. The SMILES string of the molecule is CC/C=C\C/C=C\C/C=C\C/C=C\CCCCCCC(=O)O[C@H](COC(=O)CCC/C=C/C/C=C\C[C@H](O)/C=C\C=C/CCCCC)COP(=O)(O)OCCN. The molecule has 318 valence electrons. The maximum atomic E-state index is 12.6. The summed E-state index contributed by atoms with van der Waals surface area (Å²) in [5.41, 5.74) is 5.33. The second-order valence-electron chi connectivity index (χ2n) is 13.3. The van der Waals surface area contributed by atoms with Crippen LogP contribution in [0.1, 0.15) is 136 Å². The minimum atomic E-state index is -4.42. The molecule has 4 N–H and O–H groups in total. The Balaban J connectivity index is 4.40. The number of phosphoric acid groups is 1. The highest BCUT2D eigenvalue weighted by molar-refractivity contribution is 7.47. The highest BCUT2D eigenvalue weighted by Gasteiger charge is 2.25. The molecule has 0 aromatic carbocycles. The first-order valence-electron chi connectivity index (χ1n) is 20.8. The van der Waals surface area contributed by atoms with Crippen molar-refractivity contribution in [3.05, 3.63) is 97.2 Å². The number of phosphoric ester groups is 1. The van der Waals surface area contributed by atoms with Crippen LogP contribution < -0.4 is 5.73 Å². The molecule has 0 bridgehead atoms. The van der Waals surface area contributed by atoms with Crippen molar-refractivity contribution in [2.24, 2.45) is 5.73 Å². The molecule has 0 rings (SSSR count). The molecular formula is C45H74NO9P. The predicted octanol–water partition coefficient (Wildman–Crippen LogP) is 10.8. The molecule has 0 aliphatic rings. The minimum absolute atomic E-state index is 0.0266. The Morgan fingerprint density at radius 3 is 1.88 bits per heavy atom. The fourth-order valence-corrected chi connectivity index (χ4v) is 5.70.